The van der Waals surface area contributed by atoms with Gasteiger partial charge in [0.2, 0.25) is 5.91 Å². The Labute approximate surface area is 190 Å². The summed E-state index contributed by atoms with van der Waals surface area (Å²) in [4.78, 5) is 36.4. The number of aromatic nitrogens is 3. The number of thiazole rings is 1. The normalized spacial score (nSPS) is 11.6. The van der Waals surface area contributed by atoms with Crippen LogP contribution < -0.4 is 10.9 Å². The minimum atomic E-state index is -4.39. The van der Waals surface area contributed by atoms with Crippen LogP contribution in [0, 0.1) is 0 Å². The van der Waals surface area contributed by atoms with Crippen molar-refractivity contribution in [3.8, 4) is 0 Å². The summed E-state index contributed by atoms with van der Waals surface area (Å²) in [5.74, 6) is 0.280. The molecule has 2 aromatic heterocycles. The van der Waals surface area contributed by atoms with Gasteiger partial charge in [0, 0.05) is 30.3 Å². The smallest absolute Gasteiger partial charge is 0.310 e. The molecule has 2 N–H and O–H groups in total. The van der Waals surface area contributed by atoms with Crippen molar-refractivity contribution in [2.24, 2.45) is 0 Å². The zero-order valence-corrected chi connectivity index (χ0v) is 18.1. The molecule has 6 nitrogen and oxygen atoms in total. The van der Waals surface area contributed by atoms with E-state index in [1.165, 1.54) is 17.4 Å². The summed E-state index contributed by atoms with van der Waals surface area (Å²) in [6.07, 6.45) is -1.43. The maximum Gasteiger partial charge on any atom is 0.416 e. The second kappa shape index (κ2) is 9.53. The predicted octanol–water partition coefficient (Wildman–Crippen LogP) is 4.95. The topological polar surface area (TPSA) is 87.7 Å². The molecule has 1 amide bonds. The number of fused-ring (bicyclic) bond motifs is 1. The lowest BCUT2D eigenvalue weighted by atomic mass is 10.1. The molecule has 0 saturated carbocycles. The van der Waals surface area contributed by atoms with Crippen LogP contribution in [0.4, 0.5) is 18.3 Å². The lowest BCUT2D eigenvalue weighted by molar-refractivity contribution is -0.137. The maximum atomic E-state index is 12.9. The molecule has 0 bridgehead atoms. The Morgan fingerprint density at radius 1 is 1.12 bits per heavy atom. The van der Waals surface area contributed by atoms with Gasteiger partial charge in [0.25, 0.3) is 5.56 Å². The molecule has 0 aliphatic heterocycles. The number of hydrogen-bond donors (Lipinski definition) is 2. The van der Waals surface area contributed by atoms with Crippen LogP contribution in [0.1, 0.15) is 34.7 Å². The summed E-state index contributed by atoms with van der Waals surface area (Å²) >= 11 is 1.22. The van der Waals surface area contributed by atoms with Crippen LogP contribution in [-0.4, -0.2) is 20.9 Å². The number of hydrogen-bond acceptors (Lipinski definition) is 5. The zero-order chi connectivity index (χ0) is 23.4. The van der Waals surface area contributed by atoms with Crippen LogP contribution >= 0.6 is 11.3 Å². The highest BCUT2D eigenvalue weighted by Gasteiger charge is 2.30. The van der Waals surface area contributed by atoms with E-state index >= 15 is 0 Å². The molecule has 0 aliphatic rings. The third kappa shape index (κ3) is 5.83. The van der Waals surface area contributed by atoms with Crippen molar-refractivity contribution in [2.75, 3.05) is 5.32 Å². The van der Waals surface area contributed by atoms with Gasteiger partial charge >= 0.3 is 6.18 Å². The number of aryl methyl sites for hydroxylation is 1. The number of halogens is 3. The van der Waals surface area contributed by atoms with E-state index in [9.17, 15) is 22.8 Å². The van der Waals surface area contributed by atoms with Gasteiger partial charge in [0.05, 0.1) is 16.5 Å². The van der Waals surface area contributed by atoms with Crippen LogP contribution in [0.5, 0.6) is 0 Å². The van der Waals surface area contributed by atoms with Gasteiger partial charge < -0.3 is 10.3 Å². The third-order valence-corrected chi connectivity index (χ3v) is 5.82. The van der Waals surface area contributed by atoms with E-state index in [0.29, 0.717) is 46.7 Å². The van der Waals surface area contributed by atoms with E-state index in [0.717, 1.165) is 17.0 Å². The van der Waals surface area contributed by atoms with E-state index in [-0.39, 0.29) is 17.9 Å². The highest BCUT2D eigenvalue weighted by molar-refractivity contribution is 7.15. The van der Waals surface area contributed by atoms with E-state index in [1.807, 2.05) is 0 Å². The average Bonchev–Trinajstić information content (AvgIpc) is 3.20. The van der Waals surface area contributed by atoms with Gasteiger partial charge in [0.15, 0.2) is 5.13 Å². The monoisotopic (exact) mass is 472 g/mol. The Hall–Kier alpha value is -3.53. The number of H-pyrrole nitrogens is 1. The van der Waals surface area contributed by atoms with Crippen molar-refractivity contribution in [1.29, 1.82) is 0 Å². The van der Waals surface area contributed by atoms with Gasteiger partial charge in [0.1, 0.15) is 5.82 Å². The first-order valence-electron chi connectivity index (χ1n) is 10.2. The molecule has 0 saturated heterocycles. The number of nitrogens with one attached hydrogen (secondary N) is 2. The fourth-order valence-electron chi connectivity index (χ4n) is 3.36. The molecule has 10 heteroatoms. The molecule has 0 atom stereocenters. The first-order chi connectivity index (χ1) is 15.8. The van der Waals surface area contributed by atoms with Crippen molar-refractivity contribution < 1.29 is 18.0 Å². The summed E-state index contributed by atoms with van der Waals surface area (Å²) in [7, 11) is 0. The lowest BCUT2D eigenvalue weighted by Gasteiger charge is -2.07. The molecular weight excluding hydrogens is 453 g/mol. The van der Waals surface area contributed by atoms with Crippen LogP contribution in [0.25, 0.3) is 10.9 Å². The highest BCUT2D eigenvalue weighted by Crippen LogP contribution is 2.30. The van der Waals surface area contributed by atoms with E-state index in [1.54, 1.807) is 36.5 Å². The Balaban J connectivity index is 1.30. The first-order valence-corrected chi connectivity index (χ1v) is 11.0. The fraction of sp³-hybridized carbons (Fsp3) is 0.217. The van der Waals surface area contributed by atoms with Crippen molar-refractivity contribution in [1.82, 2.24) is 15.0 Å². The third-order valence-electron chi connectivity index (χ3n) is 4.91. The van der Waals surface area contributed by atoms with Crippen molar-refractivity contribution >= 4 is 33.3 Å². The summed E-state index contributed by atoms with van der Waals surface area (Å²) in [6, 6.07) is 12.2. The molecule has 2 heterocycles. The van der Waals surface area contributed by atoms with Gasteiger partial charge in [-0.3, -0.25) is 9.59 Å². The van der Waals surface area contributed by atoms with Gasteiger partial charge in [-0.1, -0.05) is 30.3 Å². The van der Waals surface area contributed by atoms with Gasteiger partial charge in [-0.25, -0.2) is 9.97 Å². The molecule has 0 radical (unpaired) electrons. The molecule has 2 aromatic carbocycles. The fourth-order valence-corrected chi connectivity index (χ4v) is 4.22. The maximum absolute atomic E-state index is 12.9. The predicted molar refractivity (Wildman–Crippen MR) is 120 cm³/mol. The summed E-state index contributed by atoms with van der Waals surface area (Å²) < 4.78 is 38.6. The molecule has 0 aliphatic carbocycles. The number of carbonyl (C=O) groups excluding carboxylic acids is 1. The van der Waals surface area contributed by atoms with Crippen molar-refractivity contribution in [2.45, 2.75) is 31.9 Å². The average molecular weight is 472 g/mol. The van der Waals surface area contributed by atoms with Crippen LogP contribution in [0.2, 0.25) is 0 Å². The van der Waals surface area contributed by atoms with Crippen LogP contribution in [-0.2, 0) is 23.8 Å². The summed E-state index contributed by atoms with van der Waals surface area (Å²) in [5.41, 5.74) is 0.219. The number of alkyl halides is 3. The molecule has 0 fully saturated rings. The minimum Gasteiger partial charge on any atom is -0.310 e. The second-order valence-corrected chi connectivity index (χ2v) is 8.55. The molecular formula is C23H19F3N4O2S. The van der Waals surface area contributed by atoms with Crippen LogP contribution in [0.3, 0.4) is 0 Å². The zero-order valence-electron chi connectivity index (χ0n) is 17.3. The number of benzene rings is 2. The number of nitrogens with zero attached hydrogens (tertiary/aromatic N) is 2. The number of rotatable bonds is 7. The molecule has 0 unspecified atom stereocenters. The van der Waals surface area contributed by atoms with Gasteiger partial charge in [-0.2, -0.15) is 13.2 Å². The Morgan fingerprint density at radius 3 is 2.76 bits per heavy atom. The number of para-hydroxylation sites is 1. The number of aromatic amines is 1. The Bertz CT molecular complexity index is 1350. The van der Waals surface area contributed by atoms with Crippen molar-refractivity contribution in [3.63, 3.8) is 0 Å². The quantitative estimate of drug-likeness (QED) is 0.398. The first kappa shape index (κ1) is 22.7. The van der Waals surface area contributed by atoms with E-state index in [2.05, 4.69) is 20.3 Å². The van der Waals surface area contributed by atoms with E-state index in [4.69, 9.17) is 0 Å². The van der Waals surface area contributed by atoms with Gasteiger partial charge in [-0.05, 0) is 30.2 Å². The molecule has 33 heavy (non-hydrogen) atoms. The molecule has 170 valence electrons. The standard InChI is InChI=1S/C23H19F3N4O2S/c24-23(25,26)15-6-3-5-14(11-15)12-16-13-27-22(33-16)30-20(31)10-4-9-19-28-18-8-2-1-7-17(18)21(32)29-19/h1-3,5-8,11,13H,4,9-10,12H2,(H,27,30,31)(H,28,29,32). The molecule has 0 spiro atoms. The summed E-state index contributed by atoms with van der Waals surface area (Å²) in [5, 5.41) is 3.61. The number of carbonyl (C=O) groups is 1. The Morgan fingerprint density at radius 2 is 1.94 bits per heavy atom. The van der Waals surface area contributed by atoms with Crippen molar-refractivity contribution in [3.05, 3.63) is 86.9 Å². The molecule has 4 rings (SSSR count). The number of anilines is 1. The van der Waals surface area contributed by atoms with Crippen LogP contribution in [0.15, 0.2) is 59.5 Å². The lowest BCUT2D eigenvalue weighted by Crippen LogP contribution is -2.14. The minimum absolute atomic E-state index is 0.207. The SMILES string of the molecule is O=C(CCCc1nc2ccccc2c(=O)[nH]1)Nc1ncc(Cc2cccc(C(F)(F)F)c2)s1. The largest absolute Gasteiger partial charge is 0.416 e. The Kier molecular flexibility index (Phi) is 6.55. The van der Waals surface area contributed by atoms with E-state index < -0.39 is 11.7 Å². The van der Waals surface area contributed by atoms with Gasteiger partial charge in [-0.15, -0.1) is 11.3 Å². The summed E-state index contributed by atoms with van der Waals surface area (Å²) in [6.45, 7) is 0. The molecule has 4 aromatic rings. The number of amides is 1. The highest BCUT2D eigenvalue weighted by atomic mass is 32.1. The second-order valence-electron chi connectivity index (χ2n) is 7.44.